The van der Waals surface area contributed by atoms with Crippen molar-refractivity contribution in [3.8, 4) is 0 Å². The molecule has 0 aromatic rings. The zero-order chi connectivity index (χ0) is 11.1. The second kappa shape index (κ2) is 4.21. The quantitative estimate of drug-likeness (QED) is 0.594. The maximum Gasteiger partial charge on any atom is 2.00 e. The van der Waals surface area contributed by atoms with E-state index in [0.29, 0.717) is 12.8 Å². The molecule has 0 unspecified atom stereocenters. The van der Waals surface area contributed by atoms with Gasteiger partial charge in [0.05, 0.1) is 0 Å². The summed E-state index contributed by atoms with van der Waals surface area (Å²) in [6.07, 6.45) is 0.681. The zero-order valence-electron chi connectivity index (χ0n) is 9.33. The van der Waals surface area contributed by atoms with Gasteiger partial charge in [-0.2, -0.15) is 0 Å². The van der Waals surface area contributed by atoms with E-state index >= 15 is 0 Å². The number of carbonyl (C=O) groups excluding carboxylic acids is 2. The van der Waals surface area contributed by atoms with Crippen molar-refractivity contribution in [1.82, 2.24) is 0 Å². The number of carbonyl (C=O) groups is 2. The summed E-state index contributed by atoms with van der Waals surface area (Å²) in [5.74, 6) is -3.04. The van der Waals surface area contributed by atoms with Gasteiger partial charge in [-0.25, -0.2) is 0 Å². The Morgan fingerprint density at radius 2 is 1.67 bits per heavy atom. The molecule has 15 heavy (non-hydrogen) atoms. The third-order valence-corrected chi connectivity index (χ3v) is 3.96. The fraction of sp³-hybridized carbons (Fsp3) is 0.800. The summed E-state index contributed by atoms with van der Waals surface area (Å²) in [6, 6.07) is 0. The summed E-state index contributed by atoms with van der Waals surface area (Å²) >= 11 is 0. The van der Waals surface area contributed by atoms with Crippen molar-refractivity contribution in [3.63, 3.8) is 0 Å². The molecular weight excluding hydrogens is 249 g/mol. The Labute approximate surface area is 102 Å². The van der Waals surface area contributed by atoms with Crippen molar-refractivity contribution in [2.45, 2.75) is 33.6 Å². The Balaban J connectivity index is 0.00000196. The first-order valence-corrected chi connectivity index (χ1v) is 4.66. The first kappa shape index (κ1) is 14.6. The topological polar surface area (TPSA) is 80.3 Å². The van der Waals surface area contributed by atoms with Gasteiger partial charge in [-0.05, 0) is 18.3 Å². The Kier molecular flexibility index (Phi) is 4.08. The van der Waals surface area contributed by atoms with E-state index < -0.39 is 28.7 Å². The molecule has 1 rings (SSSR count). The van der Waals surface area contributed by atoms with Crippen LogP contribution in [0, 0.1) is 16.7 Å². The van der Waals surface area contributed by atoms with E-state index in [-0.39, 0.29) is 19.5 Å². The van der Waals surface area contributed by atoms with Crippen LogP contribution in [0.3, 0.4) is 0 Å². The maximum atomic E-state index is 11.0. The van der Waals surface area contributed by atoms with Crippen LogP contribution >= 0.6 is 0 Å². The maximum absolute atomic E-state index is 11.0. The van der Waals surface area contributed by atoms with Gasteiger partial charge < -0.3 is 19.8 Å². The molecule has 0 N–H and O–H groups in total. The molecule has 1 saturated carbocycles. The van der Waals surface area contributed by atoms with E-state index in [1.807, 2.05) is 0 Å². The van der Waals surface area contributed by atoms with Crippen LogP contribution in [-0.2, 0) is 29.1 Å². The summed E-state index contributed by atoms with van der Waals surface area (Å²) in [6.45, 7) is 4.85. The number of rotatable bonds is 2. The van der Waals surface area contributed by atoms with Gasteiger partial charge in [-0.15, -0.1) is 0 Å². The molecule has 0 aromatic heterocycles. The SMILES string of the molecule is CC1(C)[C@@H](C(=O)[O-])CC[C@@]1(C)C(=O)[O-].[Zn+2]. The standard InChI is InChI=1S/C10H16O4.Zn/c1-9(2)6(7(11)12)4-5-10(9,3)8(13)14;/h6H,4-5H2,1-3H3,(H,11,12)(H,13,14);/q;+2/p-2/t6-,10+;/m1./s1. The van der Waals surface area contributed by atoms with E-state index in [1.165, 1.54) is 0 Å². The molecule has 0 spiro atoms. The summed E-state index contributed by atoms with van der Waals surface area (Å²) < 4.78 is 0. The fourth-order valence-electron chi connectivity index (χ4n) is 2.28. The van der Waals surface area contributed by atoms with Gasteiger partial charge in [0.15, 0.2) is 0 Å². The molecular formula is C10H14O4Zn. The van der Waals surface area contributed by atoms with Gasteiger partial charge in [0.25, 0.3) is 0 Å². The fourth-order valence-corrected chi connectivity index (χ4v) is 2.28. The van der Waals surface area contributed by atoms with E-state index in [0.717, 1.165) is 0 Å². The van der Waals surface area contributed by atoms with Crippen LogP contribution in [-0.4, -0.2) is 11.9 Å². The summed E-state index contributed by atoms with van der Waals surface area (Å²) in [5, 5.41) is 21.8. The smallest absolute Gasteiger partial charge is 0.550 e. The normalized spacial score (nSPS) is 33.1. The van der Waals surface area contributed by atoms with Gasteiger partial charge >= 0.3 is 19.5 Å². The Bertz CT molecular complexity index is 287. The van der Waals surface area contributed by atoms with Gasteiger partial charge in [0, 0.05) is 23.3 Å². The van der Waals surface area contributed by atoms with Crippen molar-refractivity contribution in [2.75, 3.05) is 0 Å². The molecule has 2 atom stereocenters. The van der Waals surface area contributed by atoms with Crippen molar-refractivity contribution in [3.05, 3.63) is 0 Å². The second-order valence-corrected chi connectivity index (χ2v) is 4.75. The van der Waals surface area contributed by atoms with Gasteiger partial charge in [-0.1, -0.05) is 20.8 Å². The molecule has 1 aliphatic carbocycles. The minimum Gasteiger partial charge on any atom is -0.550 e. The van der Waals surface area contributed by atoms with Crippen molar-refractivity contribution in [1.29, 1.82) is 0 Å². The Hall–Kier alpha value is -0.437. The largest absolute Gasteiger partial charge is 2.00 e. The minimum atomic E-state index is -1.17. The van der Waals surface area contributed by atoms with Crippen LogP contribution in [0.5, 0.6) is 0 Å². The first-order chi connectivity index (χ1) is 6.23. The van der Waals surface area contributed by atoms with Crippen LogP contribution < -0.4 is 10.2 Å². The summed E-state index contributed by atoms with van der Waals surface area (Å²) in [4.78, 5) is 21.8. The van der Waals surface area contributed by atoms with Crippen LogP contribution in [0.25, 0.3) is 0 Å². The molecule has 0 amide bonds. The molecule has 1 aliphatic rings. The molecule has 5 heteroatoms. The van der Waals surface area contributed by atoms with Crippen LogP contribution in [0.4, 0.5) is 0 Å². The van der Waals surface area contributed by atoms with E-state index in [2.05, 4.69) is 0 Å². The van der Waals surface area contributed by atoms with E-state index in [9.17, 15) is 19.8 Å². The monoisotopic (exact) mass is 262 g/mol. The van der Waals surface area contributed by atoms with Gasteiger partial charge in [0.1, 0.15) is 0 Å². The average molecular weight is 264 g/mol. The molecule has 0 radical (unpaired) electrons. The van der Waals surface area contributed by atoms with Crippen LogP contribution in [0.15, 0.2) is 0 Å². The third kappa shape index (κ3) is 1.94. The molecule has 0 heterocycles. The van der Waals surface area contributed by atoms with Crippen LogP contribution in [0.1, 0.15) is 33.6 Å². The zero-order valence-corrected chi connectivity index (χ0v) is 12.3. The van der Waals surface area contributed by atoms with Crippen LogP contribution in [0.2, 0.25) is 0 Å². The molecule has 0 aliphatic heterocycles. The van der Waals surface area contributed by atoms with Crippen molar-refractivity contribution in [2.24, 2.45) is 16.7 Å². The average Bonchev–Trinajstić information content (AvgIpc) is 2.24. The number of hydrogen-bond acceptors (Lipinski definition) is 4. The predicted molar refractivity (Wildman–Crippen MR) is 44.6 cm³/mol. The third-order valence-electron chi connectivity index (χ3n) is 3.96. The van der Waals surface area contributed by atoms with Gasteiger partial charge in [0.2, 0.25) is 0 Å². The van der Waals surface area contributed by atoms with Gasteiger partial charge in [-0.3, -0.25) is 0 Å². The molecule has 4 nitrogen and oxygen atoms in total. The van der Waals surface area contributed by atoms with Crippen molar-refractivity contribution >= 4 is 11.9 Å². The second-order valence-electron chi connectivity index (χ2n) is 4.75. The minimum absolute atomic E-state index is 0. The molecule has 80 valence electrons. The number of carboxylic acids is 2. The number of hydrogen-bond donors (Lipinski definition) is 0. The van der Waals surface area contributed by atoms with E-state index in [4.69, 9.17) is 0 Å². The first-order valence-electron chi connectivity index (χ1n) is 4.66. The molecule has 1 fully saturated rings. The molecule has 0 aromatic carbocycles. The summed E-state index contributed by atoms with van der Waals surface area (Å²) in [5.41, 5.74) is -1.89. The predicted octanol–water partition coefficient (Wildman–Crippen LogP) is -1.07. The Morgan fingerprint density at radius 1 is 1.20 bits per heavy atom. The Morgan fingerprint density at radius 3 is 1.87 bits per heavy atom. The van der Waals surface area contributed by atoms with Crippen molar-refractivity contribution < 1.29 is 39.3 Å². The summed E-state index contributed by atoms with van der Waals surface area (Å²) in [7, 11) is 0. The molecule has 0 bridgehead atoms. The number of aliphatic carboxylic acids is 2. The van der Waals surface area contributed by atoms with E-state index in [1.54, 1.807) is 20.8 Å². The number of carboxylic acid groups (broad SMARTS) is 2. The molecule has 0 saturated heterocycles.